The number of nitrogens with zero attached hydrogens (tertiary/aromatic N) is 2. The van der Waals surface area contributed by atoms with Crippen LogP contribution in [0.15, 0.2) is 46.1 Å². The molecule has 24 heavy (non-hydrogen) atoms. The molecule has 0 saturated heterocycles. The number of carbonyl (C=O) groups is 1. The molecule has 0 bridgehead atoms. The summed E-state index contributed by atoms with van der Waals surface area (Å²) in [5.74, 6) is 0.0922. The van der Waals surface area contributed by atoms with Gasteiger partial charge in [-0.15, -0.1) is 0 Å². The SMILES string of the molecule is Cn1c(=O)ccn(CC(=O)NCC2CCCc3ccccc32)c1=O. The average molecular weight is 327 g/mol. The Morgan fingerprint density at radius 1 is 1.25 bits per heavy atom. The molecule has 6 heteroatoms. The summed E-state index contributed by atoms with van der Waals surface area (Å²) in [4.78, 5) is 35.5. The second-order valence-corrected chi connectivity index (χ2v) is 6.22. The van der Waals surface area contributed by atoms with Crippen molar-refractivity contribution in [2.45, 2.75) is 31.7 Å². The zero-order valence-corrected chi connectivity index (χ0v) is 13.7. The van der Waals surface area contributed by atoms with Gasteiger partial charge in [-0.1, -0.05) is 24.3 Å². The van der Waals surface area contributed by atoms with E-state index >= 15 is 0 Å². The maximum absolute atomic E-state index is 12.2. The van der Waals surface area contributed by atoms with Crippen molar-refractivity contribution in [2.24, 2.45) is 7.05 Å². The van der Waals surface area contributed by atoms with Crippen molar-refractivity contribution in [2.75, 3.05) is 6.54 Å². The Kier molecular flexibility index (Phi) is 4.64. The third kappa shape index (κ3) is 3.32. The molecular formula is C18H21N3O3. The van der Waals surface area contributed by atoms with Gasteiger partial charge in [-0.25, -0.2) is 4.79 Å². The van der Waals surface area contributed by atoms with Crippen LogP contribution in [0.3, 0.4) is 0 Å². The van der Waals surface area contributed by atoms with Crippen molar-refractivity contribution in [3.05, 3.63) is 68.5 Å². The van der Waals surface area contributed by atoms with E-state index in [0.29, 0.717) is 12.5 Å². The lowest BCUT2D eigenvalue weighted by molar-refractivity contribution is -0.121. The monoisotopic (exact) mass is 327 g/mol. The second kappa shape index (κ2) is 6.86. The molecule has 1 aliphatic carbocycles. The third-order valence-corrected chi connectivity index (χ3v) is 4.61. The molecule has 1 heterocycles. The standard InChI is InChI=1S/C18H21N3O3/c1-20-17(23)9-10-21(18(20)24)12-16(22)19-11-14-7-4-6-13-5-2-3-8-15(13)14/h2-3,5,8-10,14H,4,6-7,11-12H2,1H3,(H,19,22). The molecular weight excluding hydrogens is 306 g/mol. The Morgan fingerprint density at radius 2 is 2.04 bits per heavy atom. The van der Waals surface area contributed by atoms with Crippen molar-refractivity contribution >= 4 is 5.91 Å². The van der Waals surface area contributed by atoms with E-state index in [-0.39, 0.29) is 18.0 Å². The van der Waals surface area contributed by atoms with Crippen LogP contribution >= 0.6 is 0 Å². The molecule has 1 unspecified atom stereocenters. The quantitative estimate of drug-likeness (QED) is 0.902. The molecule has 0 radical (unpaired) electrons. The summed E-state index contributed by atoms with van der Waals surface area (Å²) in [5, 5.41) is 2.92. The highest BCUT2D eigenvalue weighted by Crippen LogP contribution is 2.30. The van der Waals surface area contributed by atoms with Gasteiger partial charge in [-0.05, 0) is 30.4 Å². The lowest BCUT2D eigenvalue weighted by Crippen LogP contribution is -2.41. The molecule has 0 fully saturated rings. The van der Waals surface area contributed by atoms with Crippen molar-refractivity contribution in [1.82, 2.24) is 14.5 Å². The minimum Gasteiger partial charge on any atom is -0.354 e. The fraction of sp³-hybridized carbons (Fsp3) is 0.389. The first kappa shape index (κ1) is 16.2. The second-order valence-electron chi connectivity index (χ2n) is 6.22. The minimum atomic E-state index is -0.485. The van der Waals surface area contributed by atoms with E-state index in [2.05, 4.69) is 17.4 Å². The van der Waals surface area contributed by atoms with Crippen LogP contribution in [0.1, 0.15) is 29.9 Å². The van der Waals surface area contributed by atoms with E-state index in [4.69, 9.17) is 0 Å². The predicted molar refractivity (Wildman–Crippen MR) is 91.1 cm³/mol. The summed E-state index contributed by atoms with van der Waals surface area (Å²) < 4.78 is 2.23. The van der Waals surface area contributed by atoms with Crippen LogP contribution in [0.5, 0.6) is 0 Å². The number of nitrogens with one attached hydrogen (secondary N) is 1. The number of hydrogen-bond donors (Lipinski definition) is 1. The fourth-order valence-electron chi connectivity index (χ4n) is 3.25. The first-order valence-corrected chi connectivity index (χ1v) is 8.17. The molecule has 1 N–H and O–H groups in total. The first-order valence-electron chi connectivity index (χ1n) is 8.17. The van der Waals surface area contributed by atoms with Crippen LogP contribution in [0.4, 0.5) is 0 Å². The van der Waals surface area contributed by atoms with Gasteiger partial charge in [0.15, 0.2) is 0 Å². The highest BCUT2D eigenvalue weighted by atomic mass is 16.2. The Hall–Kier alpha value is -2.63. The molecule has 1 amide bonds. The van der Waals surface area contributed by atoms with Gasteiger partial charge in [-0.2, -0.15) is 0 Å². The average Bonchev–Trinajstić information content (AvgIpc) is 2.60. The molecule has 126 valence electrons. The molecule has 0 aliphatic heterocycles. The van der Waals surface area contributed by atoms with E-state index in [1.807, 2.05) is 12.1 Å². The maximum Gasteiger partial charge on any atom is 0.331 e. The minimum absolute atomic E-state index is 0.0820. The topological polar surface area (TPSA) is 73.1 Å². The van der Waals surface area contributed by atoms with Gasteiger partial charge >= 0.3 is 5.69 Å². The van der Waals surface area contributed by atoms with Crippen molar-refractivity contribution in [3.8, 4) is 0 Å². The summed E-state index contributed by atoms with van der Waals surface area (Å²) in [6.07, 6.45) is 4.63. The zero-order chi connectivity index (χ0) is 17.1. The first-order chi connectivity index (χ1) is 11.6. The highest BCUT2D eigenvalue weighted by molar-refractivity contribution is 5.75. The molecule has 1 atom stereocenters. The molecule has 0 saturated carbocycles. The van der Waals surface area contributed by atoms with Gasteiger partial charge < -0.3 is 5.32 Å². The summed E-state index contributed by atoms with van der Waals surface area (Å²) in [6.45, 7) is 0.484. The van der Waals surface area contributed by atoms with Crippen LogP contribution in [0.25, 0.3) is 0 Å². The zero-order valence-electron chi connectivity index (χ0n) is 13.7. The van der Waals surface area contributed by atoms with E-state index in [9.17, 15) is 14.4 Å². The van der Waals surface area contributed by atoms with Crippen molar-refractivity contribution in [3.63, 3.8) is 0 Å². The van der Waals surface area contributed by atoms with Gasteiger partial charge in [-0.3, -0.25) is 18.7 Å². The summed E-state index contributed by atoms with van der Waals surface area (Å²) >= 11 is 0. The molecule has 1 aromatic heterocycles. The number of carbonyl (C=O) groups excluding carboxylic acids is 1. The summed E-state index contributed by atoms with van der Waals surface area (Å²) in [6, 6.07) is 9.64. The van der Waals surface area contributed by atoms with E-state index < -0.39 is 5.69 Å². The lowest BCUT2D eigenvalue weighted by atomic mass is 9.83. The largest absolute Gasteiger partial charge is 0.354 e. The van der Waals surface area contributed by atoms with Crippen LogP contribution < -0.4 is 16.6 Å². The fourth-order valence-corrected chi connectivity index (χ4v) is 3.25. The number of hydrogen-bond acceptors (Lipinski definition) is 3. The molecule has 2 aromatic rings. The number of rotatable bonds is 4. The third-order valence-electron chi connectivity index (χ3n) is 4.61. The maximum atomic E-state index is 12.2. The van der Waals surface area contributed by atoms with Gasteiger partial charge in [0, 0.05) is 31.8 Å². The Balaban J connectivity index is 1.64. The Morgan fingerprint density at radius 3 is 2.88 bits per heavy atom. The van der Waals surface area contributed by atoms with E-state index in [1.54, 1.807) is 0 Å². The normalized spacial score (nSPS) is 16.5. The van der Waals surface area contributed by atoms with Crippen molar-refractivity contribution in [1.29, 1.82) is 0 Å². The van der Waals surface area contributed by atoms with Gasteiger partial charge in [0.1, 0.15) is 6.54 Å². The Labute approximate surface area is 139 Å². The van der Waals surface area contributed by atoms with Crippen molar-refractivity contribution < 1.29 is 4.79 Å². The molecule has 3 rings (SSSR count). The highest BCUT2D eigenvalue weighted by Gasteiger charge is 2.20. The van der Waals surface area contributed by atoms with Crippen LogP contribution in [0.2, 0.25) is 0 Å². The van der Waals surface area contributed by atoms with Gasteiger partial charge in [0.25, 0.3) is 5.56 Å². The van der Waals surface area contributed by atoms with Crippen LogP contribution in [-0.4, -0.2) is 21.6 Å². The number of amides is 1. The molecule has 6 nitrogen and oxygen atoms in total. The van der Waals surface area contributed by atoms with Gasteiger partial charge in [0.05, 0.1) is 0 Å². The number of aromatic nitrogens is 2. The number of aryl methyl sites for hydroxylation is 1. The summed E-state index contributed by atoms with van der Waals surface area (Å²) in [5.41, 5.74) is 1.80. The Bertz CT molecular complexity index is 866. The molecule has 1 aromatic carbocycles. The molecule has 0 spiro atoms. The van der Waals surface area contributed by atoms with Crippen LogP contribution in [0, 0.1) is 0 Å². The number of benzene rings is 1. The van der Waals surface area contributed by atoms with E-state index in [1.165, 1.54) is 35.0 Å². The number of fused-ring (bicyclic) bond motifs is 1. The van der Waals surface area contributed by atoms with Gasteiger partial charge in [0.2, 0.25) is 5.91 Å². The predicted octanol–water partition coefficient (Wildman–Crippen LogP) is 0.783. The summed E-state index contributed by atoms with van der Waals surface area (Å²) in [7, 11) is 1.40. The smallest absolute Gasteiger partial charge is 0.331 e. The lowest BCUT2D eigenvalue weighted by Gasteiger charge is -2.25. The van der Waals surface area contributed by atoms with Crippen LogP contribution in [-0.2, 0) is 24.8 Å². The molecule has 1 aliphatic rings. The van der Waals surface area contributed by atoms with E-state index in [0.717, 1.165) is 23.8 Å².